The first kappa shape index (κ1) is 9.13. The van der Waals surface area contributed by atoms with Crippen molar-refractivity contribution in [2.45, 2.75) is 30.0 Å². The Labute approximate surface area is 85.5 Å². The highest BCUT2D eigenvalue weighted by atomic mass is 79.9. The van der Waals surface area contributed by atoms with Gasteiger partial charge in [-0.2, -0.15) is 0 Å². The number of hydrogen-bond acceptors (Lipinski definition) is 1. The second-order valence-corrected chi connectivity index (χ2v) is 4.63. The normalized spacial score (nSPS) is 27.8. The molecule has 0 aliphatic heterocycles. The lowest BCUT2D eigenvalue weighted by molar-refractivity contribution is 0.578. The van der Waals surface area contributed by atoms with Crippen LogP contribution in [0.4, 0.5) is 4.39 Å². The third kappa shape index (κ3) is 1.75. The number of aromatic nitrogens is 1. The first-order chi connectivity index (χ1) is 6.29. The lowest BCUT2D eigenvalue weighted by Crippen LogP contribution is -2.06. The Bertz CT molecular complexity index is 303. The van der Waals surface area contributed by atoms with Crippen molar-refractivity contribution in [3.8, 4) is 0 Å². The summed E-state index contributed by atoms with van der Waals surface area (Å²) in [5.41, 5.74) is 0.814. The Balaban J connectivity index is 2.29. The molecular formula is C10H11BrFN. The summed E-state index contributed by atoms with van der Waals surface area (Å²) in [7, 11) is 0. The highest BCUT2D eigenvalue weighted by Crippen LogP contribution is 2.39. The van der Waals surface area contributed by atoms with E-state index in [-0.39, 0.29) is 5.82 Å². The first-order valence-electron chi connectivity index (χ1n) is 4.52. The number of pyridine rings is 1. The standard InChI is InChI=1S/C10H11BrFN/c11-9-3-1-2-7(9)8-4-5-13-6-10(8)12/h4-7,9H,1-3H2. The van der Waals surface area contributed by atoms with Gasteiger partial charge in [-0.05, 0) is 30.4 Å². The van der Waals surface area contributed by atoms with Gasteiger partial charge in [0.15, 0.2) is 0 Å². The SMILES string of the molecule is Fc1cnccc1C1CCCC1Br. The van der Waals surface area contributed by atoms with Crippen LogP contribution >= 0.6 is 15.9 Å². The fourth-order valence-electron chi connectivity index (χ4n) is 1.95. The number of halogens is 2. The van der Waals surface area contributed by atoms with Gasteiger partial charge in [0.1, 0.15) is 5.82 Å². The Hall–Kier alpha value is -0.440. The van der Waals surface area contributed by atoms with Crippen LogP contribution in [0.15, 0.2) is 18.5 Å². The molecule has 1 aromatic heterocycles. The minimum absolute atomic E-state index is 0.168. The quantitative estimate of drug-likeness (QED) is 0.691. The van der Waals surface area contributed by atoms with Gasteiger partial charge in [0.05, 0.1) is 6.20 Å². The molecule has 3 heteroatoms. The minimum atomic E-state index is -0.168. The highest BCUT2D eigenvalue weighted by Gasteiger charge is 2.28. The van der Waals surface area contributed by atoms with Gasteiger partial charge in [-0.1, -0.05) is 22.4 Å². The largest absolute Gasteiger partial charge is 0.262 e. The summed E-state index contributed by atoms with van der Waals surface area (Å²) in [4.78, 5) is 4.19. The fraction of sp³-hybridized carbons (Fsp3) is 0.500. The third-order valence-electron chi connectivity index (χ3n) is 2.63. The molecule has 1 aliphatic carbocycles. The van der Waals surface area contributed by atoms with Crippen molar-refractivity contribution in [1.82, 2.24) is 4.98 Å². The van der Waals surface area contributed by atoms with Gasteiger partial charge < -0.3 is 0 Å². The minimum Gasteiger partial charge on any atom is -0.262 e. The van der Waals surface area contributed by atoms with E-state index in [1.165, 1.54) is 12.6 Å². The summed E-state index contributed by atoms with van der Waals surface area (Å²) in [6.07, 6.45) is 6.37. The third-order valence-corrected chi connectivity index (χ3v) is 3.73. The van der Waals surface area contributed by atoms with Crippen molar-refractivity contribution in [3.05, 3.63) is 29.8 Å². The summed E-state index contributed by atoms with van der Waals surface area (Å²) in [5.74, 6) is 0.168. The van der Waals surface area contributed by atoms with Gasteiger partial charge in [0, 0.05) is 11.0 Å². The molecule has 0 bridgehead atoms. The zero-order valence-electron chi connectivity index (χ0n) is 7.21. The molecule has 13 heavy (non-hydrogen) atoms. The Morgan fingerprint density at radius 2 is 2.31 bits per heavy atom. The van der Waals surface area contributed by atoms with Crippen LogP contribution in [0.5, 0.6) is 0 Å². The summed E-state index contributed by atoms with van der Waals surface area (Å²) >= 11 is 3.59. The van der Waals surface area contributed by atoms with Crippen LogP contribution in [0.25, 0.3) is 0 Å². The molecular weight excluding hydrogens is 233 g/mol. The highest BCUT2D eigenvalue weighted by molar-refractivity contribution is 9.09. The van der Waals surface area contributed by atoms with Crippen molar-refractivity contribution in [2.75, 3.05) is 0 Å². The van der Waals surface area contributed by atoms with E-state index in [0.29, 0.717) is 10.7 Å². The molecule has 1 aliphatic rings. The lowest BCUT2D eigenvalue weighted by Gasteiger charge is -2.14. The number of alkyl halides is 1. The summed E-state index contributed by atoms with van der Waals surface area (Å²) < 4.78 is 13.3. The second-order valence-electron chi connectivity index (χ2n) is 3.45. The van der Waals surface area contributed by atoms with Crippen LogP contribution in [0, 0.1) is 5.82 Å². The van der Waals surface area contributed by atoms with E-state index < -0.39 is 0 Å². The van der Waals surface area contributed by atoms with Crippen molar-refractivity contribution < 1.29 is 4.39 Å². The molecule has 2 atom stereocenters. The van der Waals surface area contributed by atoms with Crippen molar-refractivity contribution >= 4 is 15.9 Å². The predicted octanol–water partition coefficient (Wildman–Crippen LogP) is 3.25. The maximum Gasteiger partial charge on any atom is 0.144 e. The van der Waals surface area contributed by atoms with Gasteiger partial charge in [0.2, 0.25) is 0 Å². The molecule has 2 unspecified atom stereocenters. The molecule has 1 aromatic rings. The smallest absolute Gasteiger partial charge is 0.144 e. The van der Waals surface area contributed by atoms with Crippen molar-refractivity contribution in [3.63, 3.8) is 0 Å². The maximum atomic E-state index is 13.3. The predicted molar refractivity (Wildman–Crippen MR) is 53.5 cm³/mol. The van der Waals surface area contributed by atoms with E-state index in [1.54, 1.807) is 12.3 Å². The van der Waals surface area contributed by atoms with Crippen LogP contribution in [-0.4, -0.2) is 9.81 Å². The number of hydrogen-bond donors (Lipinski definition) is 0. The number of nitrogens with zero attached hydrogens (tertiary/aromatic N) is 1. The molecule has 0 N–H and O–H groups in total. The van der Waals surface area contributed by atoms with Gasteiger partial charge in [-0.3, -0.25) is 4.98 Å². The molecule has 0 amide bonds. The average molecular weight is 244 g/mol. The van der Waals surface area contributed by atoms with Crippen molar-refractivity contribution in [1.29, 1.82) is 0 Å². The van der Waals surface area contributed by atoms with E-state index in [0.717, 1.165) is 18.4 Å². The van der Waals surface area contributed by atoms with E-state index in [2.05, 4.69) is 20.9 Å². The molecule has 1 saturated carbocycles. The fourth-order valence-corrected chi connectivity index (χ4v) is 2.82. The van der Waals surface area contributed by atoms with Gasteiger partial charge in [0.25, 0.3) is 0 Å². The molecule has 0 radical (unpaired) electrons. The zero-order chi connectivity index (χ0) is 9.26. The second kappa shape index (κ2) is 3.74. The Morgan fingerprint density at radius 3 is 2.92 bits per heavy atom. The van der Waals surface area contributed by atoms with Crippen LogP contribution in [0.2, 0.25) is 0 Å². The summed E-state index contributed by atoms with van der Waals surface area (Å²) in [6, 6.07) is 1.79. The summed E-state index contributed by atoms with van der Waals surface area (Å²) in [6.45, 7) is 0. The molecule has 1 fully saturated rings. The van der Waals surface area contributed by atoms with Crippen LogP contribution < -0.4 is 0 Å². The van der Waals surface area contributed by atoms with Gasteiger partial charge in [-0.25, -0.2) is 4.39 Å². The molecule has 0 aromatic carbocycles. The molecule has 0 spiro atoms. The van der Waals surface area contributed by atoms with Crippen LogP contribution in [0.1, 0.15) is 30.7 Å². The van der Waals surface area contributed by atoms with E-state index in [1.807, 2.05) is 0 Å². The zero-order valence-corrected chi connectivity index (χ0v) is 8.80. The molecule has 70 valence electrons. The van der Waals surface area contributed by atoms with Crippen molar-refractivity contribution in [2.24, 2.45) is 0 Å². The molecule has 1 nitrogen and oxygen atoms in total. The first-order valence-corrected chi connectivity index (χ1v) is 5.44. The van der Waals surface area contributed by atoms with Crippen LogP contribution in [-0.2, 0) is 0 Å². The maximum absolute atomic E-state index is 13.3. The molecule has 1 heterocycles. The van der Waals surface area contributed by atoms with E-state index >= 15 is 0 Å². The lowest BCUT2D eigenvalue weighted by atomic mass is 9.98. The van der Waals surface area contributed by atoms with Gasteiger partial charge in [-0.15, -0.1) is 0 Å². The average Bonchev–Trinajstić information content (AvgIpc) is 2.52. The van der Waals surface area contributed by atoms with E-state index in [4.69, 9.17) is 0 Å². The molecule has 0 saturated heterocycles. The number of rotatable bonds is 1. The van der Waals surface area contributed by atoms with Gasteiger partial charge >= 0.3 is 0 Å². The van der Waals surface area contributed by atoms with Crippen LogP contribution in [0.3, 0.4) is 0 Å². The Kier molecular flexibility index (Phi) is 2.63. The van der Waals surface area contributed by atoms with E-state index in [9.17, 15) is 4.39 Å². The topological polar surface area (TPSA) is 12.9 Å². The molecule has 2 rings (SSSR count). The summed E-state index contributed by atoms with van der Waals surface area (Å²) in [5, 5.41) is 0. The Morgan fingerprint density at radius 1 is 1.46 bits per heavy atom. The monoisotopic (exact) mass is 243 g/mol.